The van der Waals surface area contributed by atoms with Gasteiger partial charge in [0.1, 0.15) is 5.69 Å². The molecule has 0 amide bonds. The van der Waals surface area contributed by atoms with Crippen LogP contribution in [0.15, 0.2) is 30.5 Å². The number of hydrogen-bond donors (Lipinski definition) is 1. The maximum absolute atomic E-state index is 12.9. The van der Waals surface area contributed by atoms with Gasteiger partial charge in [0.05, 0.1) is 23.0 Å². The van der Waals surface area contributed by atoms with E-state index in [1.54, 1.807) is 13.8 Å². The van der Waals surface area contributed by atoms with E-state index in [1.165, 1.54) is 24.4 Å². The molecule has 1 aromatic carbocycles. The molecule has 19 heavy (non-hydrogen) atoms. The highest BCUT2D eigenvalue weighted by Gasteiger charge is 2.34. The lowest BCUT2D eigenvalue weighted by Gasteiger charge is -2.14. The Morgan fingerprint density at radius 3 is 2.32 bits per heavy atom. The summed E-state index contributed by atoms with van der Waals surface area (Å²) in [5.41, 5.74) is 4.66. The third-order valence-corrected chi connectivity index (χ3v) is 2.61. The highest BCUT2D eigenvalue weighted by atomic mass is 19.4. The number of nitrogens with two attached hydrogens (primary N) is 1. The predicted octanol–water partition coefficient (Wildman–Crippen LogP) is 2.48. The van der Waals surface area contributed by atoms with Crippen LogP contribution < -0.4 is 5.73 Å². The Hall–Kier alpha value is -1.89. The molecule has 0 aliphatic carbocycles. The lowest BCUT2D eigenvalue weighted by molar-refractivity contribution is -0.137. The number of para-hydroxylation sites is 1. The average molecular weight is 270 g/mol. The standard InChI is InChI=1S/C12H13F3N4/c1-11(2,16)10-7-19(18-17-10)9-6-4-3-5-8(9)12(13,14)15/h3-7H,16H2,1-2H3. The summed E-state index contributed by atoms with van der Waals surface area (Å²) in [6, 6.07) is 5.19. The van der Waals surface area contributed by atoms with E-state index in [1.807, 2.05) is 0 Å². The summed E-state index contributed by atoms with van der Waals surface area (Å²) < 4.78 is 39.8. The third kappa shape index (κ3) is 2.76. The van der Waals surface area contributed by atoms with Gasteiger partial charge in [0.15, 0.2) is 0 Å². The van der Waals surface area contributed by atoms with Crippen LogP contribution in [0.25, 0.3) is 5.69 Å². The van der Waals surface area contributed by atoms with Crippen molar-refractivity contribution in [1.29, 1.82) is 0 Å². The molecule has 0 unspecified atom stereocenters. The molecule has 1 aromatic heterocycles. The van der Waals surface area contributed by atoms with Gasteiger partial charge in [-0.3, -0.25) is 0 Å². The molecule has 102 valence electrons. The van der Waals surface area contributed by atoms with Crippen LogP contribution in [-0.4, -0.2) is 15.0 Å². The van der Waals surface area contributed by atoms with Crippen molar-refractivity contribution in [2.45, 2.75) is 25.6 Å². The van der Waals surface area contributed by atoms with Gasteiger partial charge in [-0.05, 0) is 26.0 Å². The topological polar surface area (TPSA) is 56.7 Å². The fraction of sp³-hybridized carbons (Fsp3) is 0.333. The Morgan fingerprint density at radius 1 is 1.16 bits per heavy atom. The van der Waals surface area contributed by atoms with E-state index in [4.69, 9.17) is 5.73 Å². The van der Waals surface area contributed by atoms with Crippen molar-refractivity contribution >= 4 is 0 Å². The zero-order valence-corrected chi connectivity index (χ0v) is 10.4. The summed E-state index contributed by atoms with van der Waals surface area (Å²) in [6.45, 7) is 3.41. The highest BCUT2D eigenvalue weighted by molar-refractivity contribution is 5.42. The summed E-state index contributed by atoms with van der Waals surface area (Å²) in [5.74, 6) is 0. The average Bonchev–Trinajstić information content (AvgIpc) is 2.76. The summed E-state index contributed by atoms with van der Waals surface area (Å²) in [6.07, 6.45) is -3.04. The molecule has 0 atom stereocenters. The maximum atomic E-state index is 12.9. The lowest BCUT2D eigenvalue weighted by Crippen LogP contribution is -2.29. The van der Waals surface area contributed by atoms with Gasteiger partial charge < -0.3 is 5.73 Å². The molecule has 0 bridgehead atoms. The van der Waals surface area contributed by atoms with Gasteiger partial charge in [-0.1, -0.05) is 17.3 Å². The van der Waals surface area contributed by atoms with Crippen molar-refractivity contribution in [2.24, 2.45) is 5.73 Å². The van der Waals surface area contributed by atoms with Crippen LogP contribution >= 0.6 is 0 Å². The van der Waals surface area contributed by atoms with Crippen molar-refractivity contribution < 1.29 is 13.2 Å². The Balaban J connectivity index is 2.52. The van der Waals surface area contributed by atoms with E-state index in [0.29, 0.717) is 5.69 Å². The van der Waals surface area contributed by atoms with Crippen molar-refractivity contribution in [3.05, 3.63) is 41.7 Å². The molecule has 0 saturated carbocycles. The number of nitrogens with zero attached hydrogens (tertiary/aromatic N) is 3. The molecule has 2 rings (SSSR count). The maximum Gasteiger partial charge on any atom is 0.418 e. The minimum absolute atomic E-state index is 0.0713. The molecule has 0 aliphatic rings. The molecular weight excluding hydrogens is 257 g/mol. The number of aromatic nitrogens is 3. The van der Waals surface area contributed by atoms with Crippen LogP contribution in [0.4, 0.5) is 13.2 Å². The minimum Gasteiger partial charge on any atom is -0.320 e. The first-order valence-corrected chi connectivity index (χ1v) is 5.58. The second kappa shape index (κ2) is 4.34. The molecule has 0 fully saturated rings. The van der Waals surface area contributed by atoms with E-state index >= 15 is 0 Å². The fourth-order valence-electron chi connectivity index (χ4n) is 1.59. The molecular formula is C12H13F3N4. The normalized spacial score (nSPS) is 12.7. The Labute approximate surface area is 108 Å². The second-order valence-corrected chi connectivity index (χ2v) is 4.78. The van der Waals surface area contributed by atoms with Crippen molar-refractivity contribution in [3.8, 4) is 5.69 Å². The van der Waals surface area contributed by atoms with E-state index in [2.05, 4.69) is 10.3 Å². The monoisotopic (exact) mass is 270 g/mol. The molecule has 7 heteroatoms. The lowest BCUT2D eigenvalue weighted by atomic mass is 10.0. The smallest absolute Gasteiger partial charge is 0.320 e. The van der Waals surface area contributed by atoms with E-state index in [0.717, 1.165) is 10.7 Å². The number of halogens is 3. The molecule has 4 nitrogen and oxygen atoms in total. The highest BCUT2D eigenvalue weighted by Crippen LogP contribution is 2.33. The molecule has 0 spiro atoms. The minimum atomic E-state index is -4.44. The van der Waals surface area contributed by atoms with Gasteiger partial charge in [-0.25, -0.2) is 4.68 Å². The zero-order valence-electron chi connectivity index (χ0n) is 10.4. The van der Waals surface area contributed by atoms with Gasteiger partial charge in [0.2, 0.25) is 0 Å². The van der Waals surface area contributed by atoms with E-state index < -0.39 is 17.3 Å². The second-order valence-electron chi connectivity index (χ2n) is 4.78. The SMILES string of the molecule is CC(C)(N)c1cn(-c2ccccc2C(F)(F)F)nn1. The number of alkyl halides is 3. The molecule has 0 saturated heterocycles. The molecule has 0 aliphatic heterocycles. The summed E-state index contributed by atoms with van der Waals surface area (Å²) in [7, 11) is 0. The van der Waals surface area contributed by atoms with Crippen LogP contribution in [0.2, 0.25) is 0 Å². The number of benzene rings is 1. The van der Waals surface area contributed by atoms with E-state index in [9.17, 15) is 13.2 Å². The van der Waals surface area contributed by atoms with Gasteiger partial charge >= 0.3 is 6.18 Å². The van der Waals surface area contributed by atoms with Gasteiger partial charge in [-0.15, -0.1) is 5.10 Å². The van der Waals surface area contributed by atoms with Crippen LogP contribution in [0.5, 0.6) is 0 Å². The van der Waals surface area contributed by atoms with Crippen molar-refractivity contribution in [3.63, 3.8) is 0 Å². The quantitative estimate of drug-likeness (QED) is 0.912. The first-order chi connectivity index (χ1) is 8.69. The largest absolute Gasteiger partial charge is 0.418 e. The fourth-order valence-corrected chi connectivity index (χ4v) is 1.59. The number of rotatable bonds is 2. The summed E-state index contributed by atoms with van der Waals surface area (Å²) >= 11 is 0. The predicted molar refractivity (Wildman–Crippen MR) is 63.6 cm³/mol. The van der Waals surface area contributed by atoms with Crippen LogP contribution in [0, 0.1) is 0 Å². The van der Waals surface area contributed by atoms with Gasteiger partial charge in [-0.2, -0.15) is 13.2 Å². The zero-order chi connectivity index (χ0) is 14.3. The van der Waals surface area contributed by atoms with Gasteiger partial charge in [0.25, 0.3) is 0 Å². The summed E-state index contributed by atoms with van der Waals surface area (Å²) in [5, 5.41) is 7.52. The van der Waals surface area contributed by atoms with Gasteiger partial charge in [0, 0.05) is 0 Å². The van der Waals surface area contributed by atoms with Crippen LogP contribution in [0.3, 0.4) is 0 Å². The molecule has 2 aromatic rings. The van der Waals surface area contributed by atoms with Crippen molar-refractivity contribution in [2.75, 3.05) is 0 Å². The molecule has 2 N–H and O–H groups in total. The Bertz CT molecular complexity index is 581. The van der Waals surface area contributed by atoms with Crippen LogP contribution in [0.1, 0.15) is 25.1 Å². The third-order valence-electron chi connectivity index (χ3n) is 2.61. The van der Waals surface area contributed by atoms with Crippen LogP contribution in [-0.2, 0) is 11.7 Å². The summed E-state index contributed by atoms with van der Waals surface area (Å²) in [4.78, 5) is 0. The Kier molecular flexibility index (Phi) is 3.09. The number of hydrogen-bond acceptors (Lipinski definition) is 3. The molecule has 1 heterocycles. The first-order valence-electron chi connectivity index (χ1n) is 5.58. The molecule has 0 radical (unpaired) electrons. The van der Waals surface area contributed by atoms with Crippen molar-refractivity contribution in [1.82, 2.24) is 15.0 Å². The van der Waals surface area contributed by atoms with E-state index in [-0.39, 0.29) is 5.69 Å². The Morgan fingerprint density at radius 2 is 1.79 bits per heavy atom. The first kappa shape index (κ1) is 13.5.